The van der Waals surface area contributed by atoms with Gasteiger partial charge in [-0.05, 0) is 26.0 Å². The van der Waals surface area contributed by atoms with E-state index >= 15 is 0 Å². The highest BCUT2D eigenvalue weighted by Crippen LogP contribution is 2.23. The molecule has 80 valence electrons. The van der Waals surface area contributed by atoms with Gasteiger partial charge in [-0.2, -0.15) is 5.26 Å². The minimum Gasteiger partial charge on any atom is -0.312 e. The van der Waals surface area contributed by atoms with E-state index in [1.54, 1.807) is 0 Å². The van der Waals surface area contributed by atoms with E-state index < -0.39 is 0 Å². The Morgan fingerprint density at radius 3 is 2.33 bits per heavy atom. The minimum atomic E-state index is 0.0395. The molecule has 0 aliphatic rings. The first-order valence-corrected chi connectivity index (χ1v) is 5.36. The van der Waals surface area contributed by atoms with Gasteiger partial charge in [-0.25, -0.2) is 0 Å². The highest BCUT2D eigenvalue weighted by atomic mass is 14.9. The summed E-state index contributed by atoms with van der Waals surface area (Å²) < 4.78 is 0. The van der Waals surface area contributed by atoms with Gasteiger partial charge < -0.3 is 5.32 Å². The maximum Gasteiger partial charge on any atom is 0.0675 e. The molecular formula is C13H18N2. The third-order valence-corrected chi connectivity index (χ3v) is 2.76. The molecule has 2 heteroatoms. The summed E-state index contributed by atoms with van der Waals surface area (Å²) in [6, 6.07) is 10.9. The lowest BCUT2D eigenvalue weighted by Crippen LogP contribution is -2.23. The molecule has 0 aliphatic carbocycles. The van der Waals surface area contributed by atoms with Crippen LogP contribution in [0.15, 0.2) is 24.3 Å². The van der Waals surface area contributed by atoms with Crippen molar-refractivity contribution in [3.8, 4) is 6.07 Å². The van der Waals surface area contributed by atoms with Crippen molar-refractivity contribution >= 4 is 0 Å². The Bertz CT molecular complexity index is 335. The van der Waals surface area contributed by atoms with Crippen LogP contribution in [0.4, 0.5) is 0 Å². The molecule has 0 bridgehead atoms. The lowest BCUT2D eigenvalue weighted by Gasteiger charge is -2.20. The topological polar surface area (TPSA) is 35.8 Å². The number of nitriles is 1. The SMILES string of the molecule is CCC(C#N)C(NC)c1ccc(C)cc1. The van der Waals surface area contributed by atoms with Crippen molar-refractivity contribution < 1.29 is 0 Å². The molecular weight excluding hydrogens is 184 g/mol. The van der Waals surface area contributed by atoms with Crippen molar-refractivity contribution in [3.05, 3.63) is 35.4 Å². The molecule has 0 aliphatic heterocycles. The highest BCUT2D eigenvalue weighted by Gasteiger charge is 2.19. The van der Waals surface area contributed by atoms with Crippen LogP contribution in [-0.2, 0) is 0 Å². The van der Waals surface area contributed by atoms with Gasteiger partial charge in [0.25, 0.3) is 0 Å². The minimum absolute atomic E-state index is 0.0395. The van der Waals surface area contributed by atoms with Crippen molar-refractivity contribution in [1.29, 1.82) is 5.26 Å². The second kappa shape index (κ2) is 5.53. The molecule has 1 aromatic rings. The maximum atomic E-state index is 9.05. The molecule has 1 N–H and O–H groups in total. The van der Waals surface area contributed by atoms with Gasteiger partial charge in [0, 0.05) is 6.04 Å². The van der Waals surface area contributed by atoms with Crippen LogP contribution in [0.1, 0.15) is 30.5 Å². The molecule has 0 spiro atoms. The number of nitrogens with zero attached hydrogens (tertiary/aromatic N) is 1. The van der Waals surface area contributed by atoms with E-state index in [-0.39, 0.29) is 12.0 Å². The Morgan fingerprint density at radius 1 is 1.33 bits per heavy atom. The smallest absolute Gasteiger partial charge is 0.0675 e. The van der Waals surface area contributed by atoms with Crippen LogP contribution in [0.3, 0.4) is 0 Å². The van der Waals surface area contributed by atoms with Crippen molar-refractivity contribution in [1.82, 2.24) is 5.32 Å². The molecule has 0 saturated carbocycles. The Labute approximate surface area is 91.9 Å². The van der Waals surface area contributed by atoms with Gasteiger partial charge in [-0.1, -0.05) is 36.8 Å². The van der Waals surface area contributed by atoms with Crippen LogP contribution in [0.2, 0.25) is 0 Å². The molecule has 1 rings (SSSR count). The number of benzene rings is 1. The Hall–Kier alpha value is -1.33. The fourth-order valence-electron chi connectivity index (χ4n) is 1.78. The van der Waals surface area contributed by atoms with Crippen LogP contribution in [-0.4, -0.2) is 7.05 Å². The highest BCUT2D eigenvalue weighted by molar-refractivity contribution is 5.25. The average Bonchev–Trinajstić information content (AvgIpc) is 2.27. The van der Waals surface area contributed by atoms with E-state index in [1.807, 2.05) is 14.0 Å². The molecule has 1 aromatic carbocycles. The third kappa shape index (κ3) is 2.81. The van der Waals surface area contributed by atoms with Crippen LogP contribution in [0.25, 0.3) is 0 Å². The molecule has 2 nitrogen and oxygen atoms in total. The van der Waals surface area contributed by atoms with Gasteiger partial charge in [0.15, 0.2) is 0 Å². The first-order valence-electron chi connectivity index (χ1n) is 5.36. The van der Waals surface area contributed by atoms with Crippen LogP contribution >= 0.6 is 0 Å². The van der Waals surface area contributed by atoms with Crippen LogP contribution in [0, 0.1) is 24.2 Å². The van der Waals surface area contributed by atoms with Gasteiger partial charge in [-0.15, -0.1) is 0 Å². The summed E-state index contributed by atoms with van der Waals surface area (Å²) in [5, 5.41) is 12.3. The van der Waals surface area contributed by atoms with E-state index in [4.69, 9.17) is 5.26 Å². The number of rotatable bonds is 4. The quantitative estimate of drug-likeness (QED) is 0.815. The van der Waals surface area contributed by atoms with Crippen molar-refractivity contribution in [2.24, 2.45) is 5.92 Å². The largest absolute Gasteiger partial charge is 0.312 e. The van der Waals surface area contributed by atoms with Gasteiger partial charge in [0.2, 0.25) is 0 Å². The lowest BCUT2D eigenvalue weighted by atomic mass is 9.92. The number of nitrogens with one attached hydrogen (secondary N) is 1. The van der Waals surface area contributed by atoms with Crippen LogP contribution < -0.4 is 5.32 Å². The molecule has 2 unspecified atom stereocenters. The zero-order valence-corrected chi connectivity index (χ0v) is 9.62. The first-order chi connectivity index (χ1) is 7.22. The number of aryl methyl sites for hydroxylation is 1. The van der Waals surface area contributed by atoms with Crippen molar-refractivity contribution in [2.45, 2.75) is 26.3 Å². The van der Waals surface area contributed by atoms with Crippen LogP contribution in [0.5, 0.6) is 0 Å². The summed E-state index contributed by atoms with van der Waals surface area (Å²) in [7, 11) is 1.91. The molecule has 2 atom stereocenters. The number of hydrogen-bond donors (Lipinski definition) is 1. The normalized spacial score (nSPS) is 14.3. The zero-order chi connectivity index (χ0) is 11.3. The fourth-order valence-corrected chi connectivity index (χ4v) is 1.78. The Kier molecular flexibility index (Phi) is 4.33. The predicted octanol–water partition coefficient (Wildman–Crippen LogP) is 2.81. The summed E-state index contributed by atoms with van der Waals surface area (Å²) in [5.74, 6) is 0.0395. The van der Waals surface area contributed by atoms with Gasteiger partial charge in [0.05, 0.1) is 12.0 Å². The second-order valence-corrected chi connectivity index (χ2v) is 3.82. The molecule has 0 saturated heterocycles. The zero-order valence-electron chi connectivity index (χ0n) is 9.62. The van der Waals surface area contributed by atoms with Crippen molar-refractivity contribution in [3.63, 3.8) is 0 Å². The summed E-state index contributed by atoms with van der Waals surface area (Å²) in [4.78, 5) is 0. The van der Waals surface area contributed by atoms with Gasteiger partial charge in [0.1, 0.15) is 0 Å². The predicted molar refractivity (Wildman–Crippen MR) is 62.4 cm³/mol. The molecule has 0 fully saturated rings. The van der Waals surface area contributed by atoms with Gasteiger partial charge >= 0.3 is 0 Å². The molecule has 15 heavy (non-hydrogen) atoms. The summed E-state index contributed by atoms with van der Waals surface area (Å²) in [6.45, 7) is 4.12. The Balaban J connectivity index is 2.92. The molecule has 0 radical (unpaired) electrons. The lowest BCUT2D eigenvalue weighted by molar-refractivity contribution is 0.449. The third-order valence-electron chi connectivity index (χ3n) is 2.76. The maximum absolute atomic E-state index is 9.05. The van der Waals surface area contributed by atoms with E-state index in [0.29, 0.717) is 0 Å². The fraction of sp³-hybridized carbons (Fsp3) is 0.462. The second-order valence-electron chi connectivity index (χ2n) is 3.82. The summed E-state index contributed by atoms with van der Waals surface area (Å²) in [6.07, 6.45) is 0.871. The summed E-state index contributed by atoms with van der Waals surface area (Å²) in [5.41, 5.74) is 2.44. The van der Waals surface area contributed by atoms with Gasteiger partial charge in [-0.3, -0.25) is 0 Å². The van der Waals surface area contributed by atoms with E-state index in [0.717, 1.165) is 6.42 Å². The van der Waals surface area contributed by atoms with Crippen molar-refractivity contribution in [2.75, 3.05) is 7.05 Å². The van der Waals surface area contributed by atoms with E-state index in [2.05, 4.69) is 42.6 Å². The molecule has 0 heterocycles. The molecule has 0 amide bonds. The standard InChI is InChI=1S/C13H18N2/c1-4-11(9-14)13(15-3)12-7-5-10(2)6-8-12/h5-8,11,13,15H,4H2,1-3H3. The van der Waals surface area contributed by atoms with E-state index in [9.17, 15) is 0 Å². The average molecular weight is 202 g/mol. The van der Waals surface area contributed by atoms with E-state index in [1.165, 1.54) is 11.1 Å². The molecule has 0 aromatic heterocycles. The summed E-state index contributed by atoms with van der Waals surface area (Å²) >= 11 is 0. The number of hydrogen-bond acceptors (Lipinski definition) is 2. The Morgan fingerprint density at radius 2 is 1.93 bits per heavy atom. The monoisotopic (exact) mass is 202 g/mol. The first kappa shape index (κ1) is 11.7.